The number of hydrogen-bond acceptors (Lipinski definition) is 6. The van der Waals surface area contributed by atoms with E-state index in [0.29, 0.717) is 0 Å². The van der Waals surface area contributed by atoms with Crippen LogP contribution in [0.2, 0.25) is 0 Å². The first-order valence-corrected chi connectivity index (χ1v) is 9.31. The highest BCUT2D eigenvalue weighted by Gasteiger charge is 2.45. The van der Waals surface area contributed by atoms with E-state index in [9.17, 15) is 31.2 Å². The van der Waals surface area contributed by atoms with Crippen molar-refractivity contribution in [3.63, 3.8) is 0 Å². The van der Waals surface area contributed by atoms with Gasteiger partial charge >= 0.3 is 18.2 Å². The highest BCUT2D eigenvalue weighted by atomic mass is 79.9. The molecule has 0 fully saturated rings. The number of benzene rings is 1. The average Bonchev–Trinajstić information content (AvgIpc) is 2.52. The fourth-order valence-electron chi connectivity index (χ4n) is 1.61. The Morgan fingerprint density at radius 2 is 2.00 bits per heavy atom. The molecule has 8 nitrogen and oxygen atoms in total. The zero-order valence-corrected chi connectivity index (χ0v) is 15.7. The number of alkyl halides is 3. The Labute approximate surface area is 160 Å². The molecule has 0 saturated heterocycles. The lowest BCUT2D eigenvalue weighted by Gasteiger charge is -2.19. The maximum absolute atomic E-state index is 12.8. The van der Waals surface area contributed by atoms with Crippen LogP contribution in [0.3, 0.4) is 0 Å². The van der Waals surface area contributed by atoms with Crippen molar-refractivity contribution in [3.05, 3.63) is 40.9 Å². The van der Waals surface area contributed by atoms with Crippen molar-refractivity contribution in [2.24, 2.45) is 0 Å². The molecule has 1 rings (SSSR count). The summed E-state index contributed by atoms with van der Waals surface area (Å²) < 4.78 is 77.2. The van der Waals surface area contributed by atoms with Crippen molar-refractivity contribution in [2.45, 2.75) is 12.3 Å². The number of anilines is 1. The first-order chi connectivity index (χ1) is 12.3. The maximum Gasteiger partial charge on any atom is 0.426 e. The van der Waals surface area contributed by atoms with Crippen LogP contribution in [0.25, 0.3) is 0 Å². The van der Waals surface area contributed by atoms with Crippen molar-refractivity contribution in [2.75, 3.05) is 17.7 Å². The molecule has 1 unspecified atom stereocenters. The molecule has 0 saturated carbocycles. The Hall–Kier alpha value is -2.12. The van der Waals surface area contributed by atoms with Crippen molar-refractivity contribution in [1.29, 1.82) is 0 Å². The standard InChI is InChI=1S/C14H13BrF3NO7S/c1-2-5-25-13(21)19-10-4-3-8(6-9(10)15)12(20)26-11(14(16,17)18)7-27(22,23)24/h2-4,6,11H,1,5,7H2,(H,19,21)(H,22,23,24). The predicted molar refractivity (Wildman–Crippen MR) is 91.0 cm³/mol. The second kappa shape index (κ2) is 9.19. The SMILES string of the molecule is C=CCOC(=O)Nc1ccc(C(=O)OC(CS(=O)(=O)O)C(F)(F)F)cc1Br. The van der Waals surface area contributed by atoms with Crippen LogP contribution in [0, 0.1) is 0 Å². The molecule has 150 valence electrons. The summed E-state index contributed by atoms with van der Waals surface area (Å²) >= 11 is 3.01. The largest absolute Gasteiger partial charge is 0.448 e. The molecule has 0 aliphatic carbocycles. The van der Waals surface area contributed by atoms with Gasteiger partial charge in [-0.2, -0.15) is 21.6 Å². The van der Waals surface area contributed by atoms with Gasteiger partial charge in [-0.25, -0.2) is 9.59 Å². The normalized spacial score (nSPS) is 12.8. The first-order valence-electron chi connectivity index (χ1n) is 6.90. The summed E-state index contributed by atoms with van der Waals surface area (Å²) in [4.78, 5) is 23.3. The fourth-order valence-corrected chi connectivity index (χ4v) is 2.73. The number of ether oxygens (including phenoxy) is 2. The van der Waals surface area contributed by atoms with Gasteiger partial charge in [-0.15, -0.1) is 0 Å². The van der Waals surface area contributed by atoms with E-state index in [0.717, 1.165) is 12.1 Å². The van der Waals surface area contributed by atoms with E-state index >= 15 is 0 Å². The molecule has 27 heavy (non-hydrogen) atoms. The van der Waals surface area contributed by atoms with E-state index in [1.165, 1.54) is 12.1 Å². The second-order valence-electron chi connectivity index (χ2n) is 4.89. The number of carbonyl (C=O) groups excluding carboxylic acids is 2. The number of nitrogens with one attached hydrogen (secondary N) is 1. The Morgan fingerprint density at radius 1 is 1.37 bits per heavy atom. The molecule has 0 spiro atoms. The number of hydrogen-bond donors (Lipinski definition) is 2. The van der Waals surface area contributed by atoms with Gasteiger partial charge in [-0.1, -0.05) is 12.7 Å². The fraction of sp³-hybridized carbons (Fsp3) is 0.286. The molecule has 0 aliphatic rings. The molecule has 0 aromatic heterocycles. The van der Waals surface area contributed by atoms with E-state index in [2.05, 4.69) is 37.3 Å². The summed E-state index contributed by atoms with van der Waals surface area (Å²) in [7, 11) is -5.05. The van der Waals surface area contributed by atoms with Crippen LogP contribution in [-0.4, -0.2) is 49.7 Å². The summed E-state index contributed by atoms with van der Waals surface area (Å²) in [5.41, 5.74) is -0.220. The lowest BCUT2D eigenvalue weighted by Crippen LogP contribution is -2.39. The van der Waals surface area contributed by atoms with E-state index in [1.807, 2.05) is 0 Å². The second-order valence-corrected chi connectivity index (χ2v) is 7.24. The van der Waals surface area contributed by atoms with E-state index in [-0.39, 0.29) is 22.3 Å². The van der Waals surface area contributed by atoms with Gasteiger partial charge < -0.3 is 9.47 Å². The summed E-state index contributed by atoms with van der Waals surface area (Å²) in [6.45, 7) is 3.30. The summed E-state index contributed by atoms with van der Waals surface area (Å²) in [5.74, 6) is -3.32. The highest BCUT2D eigenvalue weighted by Crippen LogP contribution is 2.27. The molecular formula is C14H13BrF3NO7S. The number of halogens is 4. The van der Waals surface area contributed by atoms with Gasteiger partial charge in [0.15, 0.2) is 0 Å². The number of carbonyl (C=O) groups is 2. The quantitative estimate of drug-likeness (QED) is 0.353. The van der Waals surface area contributed by atoms with Crippen LogP contribution in [-0.2, 0) is 19.6 Å². The molecule has 0 bridgehead atoms. The van der Waals surface area contributed by atoms with Gasteiger partial charge in [0.25, 0.3) is 10.1 Å². The Balaban J connectivity index is 2.92. The van der Waals surface area contributed by atoms with Crippen LogP contribution in [0.5, 0.6) is 0 Å². The Morgan fingerprint density at radius 3 is 2.48 bits per heavy atom. The molecule has 0 heterocycles. The molecule has 1 atom stereocenters. The lowest BCUT2D eigenvalue weighted by molar-refractivity contribution is -0.197. The van der Waals surface area contributed by atoms with Gasteiger partial charge in [-0.05, 0) is 34.1 Å². The molecule has 0 radical (unpaired) electrons. The smallest absolute Gasteiger partial charge is 0.426 e. The molecule has 1 aromatic carbocycles. The van der Waals surface area contributed by atoms with Gasteiger partial charge in [-0.3, -0.25) is 9.87 Å². The summed E-state index contributed by atoms with van der Waals surface area (Å²) in [5, 5.41) is 2.31. The maximum atomic E-state index is 12.8. The minimum Gasteiger partial charge on any atom is -0.448 e. The van der Waals surface area contributed by atoms with Gasteiger partial charge in [0.2, 0.25) is 6.10 Å². The summed E-state index contributed by atoms with van der Waals surface area (Å²) in [6.07, 6.45) is -7.77. The molecule has 1 amide bonds. The molecule has 0 aliphatic heterocycles. The number of esters is 1. The number of amides is 1. The van der Waals surface area contributed by atoms with Gasteiger partial charge in [0.05, 0.1) is 11.3 Å². The minimum absolute atomic E-state index is 0.0551. The van der Waals surface area contributed by atoms with Crippen LogP contribution < -0.4 is 5.32 Å². The highest BCUT2D eigenvalue weighted by molar-refractivity contribution is 9.10. The van der Waals surface area contributed by atoms with Gasteiger partial charge in [0.1, 0.15) is 12.4 Å². The first kappa shape index (κ1) is 22.9. The average molecular weight is 476 g/mol. The van der Waals surface area contributed by atoms with Gasteiger partial charge in [0, 0.05) is 4.47 Å². The van der Waals surface area contributed by atoms with Crippen LogP contribution >= 0.6 is 15.9 Å². The topological polar surface area (TPSA) is 119 Å². The third-order valence-electron chi connectivity index (χ3n) is 2.75. The third-order valence-corrected chi connectivity index (χ3v) is 4.13. The van der Waals surface area contributed by atoms with E-state index in [1.54, 1.807) is 0 Å². The van der Waals surface area contributed by atoms with Crippen molar-refractivity contribution in [3.8, 4) is 0 Å². The lowest BCUT2D eigenvalue weighted by atomic mass is 10.2. The molecule has 2 N–H and O–H groups in total. The summed E-state index contributed by atoms with van der Waals surface area (Å²) in [6, 6.07) is 3.27. The van der Waals surface area contributed by atoms with E-state index < -0.39 is 40.2 Å². The minimum atomic E-state index is -5.21. The molecular weight excluding hydrogens is 463 g/mol. The monoisotopic (exact) mass is 475 g/mol. The number of rotatable bonds is 7. The van der Waals surface area contributed by atoms with Crippen molar-refractivity contribution >= 4 is 43.8 Å². The Kier molecular flexibility index (Phi) is 7.80. The van der Waals surface area contributed by atoms with Crippen molar-refractivity contribution in [1.82, 2.24) is 0 Å². The zero-order chi connectivity index (χ0) is 20.8. The van der Waals surface area contributed by atoms with Crippen LogP contribution in [0.15, 0.2) is 35.3 Å². The molecule has 1 aromatic rings. The third kappa shape index (κ3) is 7.97. The van der Waals surface area contributed by atoms with Crippen molar-refractivity contribution < 1.29 is 45.2 Å². The van der Waals surface area contributed by atoms with E-state index in [4.69, 9.17) is 4.55 Å². The zero-order valence-electron chi connectivity index (χ0n) is 13.3. The van der Waals surface area contributed by atoms with Crippen LogP contribution in [0.1, 0.15) is 10.4 Å². The Bertz CT molecular complexity index is 826. The predicted octanol–water partition coefficient (Wildman–Crippen LogP) is 3.16. The van der Waals surface area contributed by atoms with Crippen LogP contribution in [0.4, 0.5) is 23.7 Å². The molecule has 13 heteroatoms.